The van der Waals surface area contributed by atoms with Crippen molar-refractivity contribution in [1.82, 2.24) is 5.32 Å². The molecular weight excluding hydrogens is 333 g/mol. The highest BCUT2D eigenvalue weighted by atomic mass is 35.5. The summed E-state index contributed by atoms with van der Waals surface area (Å²) in [7, 11) is 3.22. The summed E-state index contributed by atoms with van der Waals surface area (Å²) in [5, 5.41) is 4.16. The Morgan fingerprint density at radius 3 is 2.52 bits per heavy atom. The lowest BCUT2D eigenvalue weighted by atomic mass is 10.1. The van der Waals surface area contributed by atoms with E-state index in [9.17, 15) is 0 Å². The van der Waals surface area contributed by atoms with Gasteiger partial charge < -0.3 is 14.8 Å². The van der Waals surface area contributed by atoms with Gasteiger partial charge in [-0.3, -0.25) is 0 Å². The second-order valence-corrected chi connectivity index (χ2v) is 5.96. The SMILES string of the molecule is COc1cc(CNC2CC2c2ccccc2)cc(Cl)c1OC.Cl. The fourth-order valence-corrected chi connectivity index (χ4v) is 3.12. The average Bonchev–Trinajstić information content (AvgIpc) is 3.33. The van der Waals surface area contributed by atoms with Gasteiger partial charge in [-0.05, 0) is 29.7 Å². The molecule has 0 amide bonds. The molecule has 2 aromatic rings. The van der Waals surface area contributed by atoms with Gasteiger partial charge in [0.25, 0.3) is 0 Å². The van der Waals surface area contributed by atoms with Crippen LogP contribution >= 0.6 is 24.0 Å². The summed E-state index contributed by atoms with van der Waals surface area (Å²) in [6.45, 7) is 0.772. The molecule has 0 saturated heterocycles. The van der Waals surface area contributed by atoms with E-state index in [-0.39, 0.29) is 12.4 Å². The molecule has 1 fully saturated rings. The van der Waals surface area contributed by atoms with Crippen LogP contribution in [0.3, 0.4) is 0 Å². The van der Waals surface area contributed by atoms with Crippen molar-refractivity contribution in [3.8, 4) is 11.5 Å². The van der Waals surface area contributed by atoms with Crippen LogP contribution in [0.4, 0.5) is 0 Å². The molecule has 0 bridgehead atoms. The molecular formula is C18H21Cl2NO2. The molecule has 23 heavy (non-hydrogen) atoms. The fraction of sp³-hybridized carbons (Fsp3) is 0.333. The third kappa shape index (κ3) is 4.11. The highest BCUT2D eigenvalue weighted by Gasteiger charge is 2.37. The predicted octanol–water partition coefficient (Wildman–Crippen LogP) is 4.42. The van der Waals surface area contributed by atoms with E-state index in [4.69, 9.17) is 21.1 Å². The van der Waals surface area contributed by atoms with Crippen LogP contribution in [-0.4, -0.2) is 20.3 Å². The lowest BCUT2D eigenvalue weighted by Gasteiger charge is -2.12. The molecule has 3 nitrogen and oxygen atoms in total. The molecule has 2 unspecified atom stereocenters. The Balaban J connectivity index is 0.00000192. The van der Waals surface area contributed by atoms with Crippen LogP contribution in [0.5, 0.6) is 11.5 Å². The van der Waals surface area contributed by atoms with Crippen molar-refractivity contribution in [3.63, 3.8) is 0 Å². The summed E-state index contributed by atoms with van der Waals surface area (Å²) >= 11 is 6.24. The van der Waals surface area contributed by atoms with Crippen molar-refractivity contribution in [1.29, 1.82) is 0 Å². The Labute approximate surface area is 148 Å². The van der Waals surface area contributed by atoms with Gasteiger partial charge in [0.1, 0.15) is 0 Å². The molecule has 0 aliphatic heterocycles. The average molecular weight is 354 g/mol. The topological polar surface area (TPSA) is 30.5 Å². The highest BCUT2D eigenvalue weighted by Crippen LogP contribution is 2.41. The highest BCUT2D eigenvalue weighted by molar-refractivity contribution is 6.32. The Bertz CT molecular complexity index is 649. The zero-order valence-electron chi connectivity index (χ0n) is 13.2. The monoisotopic (exact) mass is 353 g/mol. The predicted molar refractivity (Wildman–Crippen MR) is 96.2 cm³/mol. The molecule has 0 radical (unpaired) electrons. The Morgan fingerprint density at radius 1 is 1.13 bits per heavy atom. The molecule has 2 atom stereocenters. The number of ether oxygens (including phenoxy) is 2. The van der Waals surface area contributed by atoms with Crippen LogP contribution in [0.15, 0.2) is 42.5 Å². The van der Waals surface area contributed by atoms with E-state index in [1.807, 2.05) is 12.1 Å². The second kappa shape index (κ2) is 7.91. The standard InChI is InChI=1S/C18H20ClNO2.ClH/c1-21-17-9-12(8-15(19)18(17)22-2)11-20-16-10-14(16)13-6-4-3-5-7-13;/h3-9,14,16,20H,10-11H2,1-2H3;1H. The minimum Gasteiger partial charge on any atom is -0.493 e. The van der Waals surface area contributed by atoms with Gasteiger partial charge in [-0.15, -0.1) is 12.4 Å². The van der Waals surface area contributed by atoms with Gasteiger partial charge in [-0.25, -0.2) is 0 Å². The van der Waals surface area contributed by atoms with Gasteiger partial charge in [0, 0.05) is 18.5 Å². The summed E-state index contributed by atoms with van der Waals surface area (Å²) in [6, 6.07) is 15.1. The maximum atomic E-state index is 6.24. The molecule has 1 aliphatic rings. The Hall–Kier alpha value is -1.42. The van der Waals surface area contributed by atoms with Crippen molar-refractivity contribution in [3.05, 3.63) is 58.6 Å². The molecule has 0 spiro atoms. The fourth-order valence-electron chi connectivity index (χ4n) is 2.81. The van der Waals surface area contributed by atoms with Crippen molar-refractivity contribution in [2.24, 2.45) is 0 Å². The Morgan fingerprint density at radius 2 is 1.87 bits per heavy atom. The molecule has 3 rings (SSSR count). The third-order valence-corrected chi connectivity index (χ3v) is 4.36. The van der Waals surface area contributed by atoms with Crippen molar-refractivity contribution < 1.29 is 9.47 Å². The number of hydrogen-bond acceptors (Lipinski definition) is 3. The summed E-state index contributed by atoms with van der Waals surface area (Å²) < 4.78 is 10.6. The number of hydrogen-bond donors (Lipinski definition) is 1. The first kappa shape index (κ1) is 17.9. The summed E-state index contributed by atoms with van der Waals surface area (Å²) in [6.07, 6.45) is 1.19. The maximum Gasteiger partial charge on any atom is 0.179 e. The van der Waals surface area contributed by atoms with E-state index >= 15 is 0 Å². The van der Waals surface area contributed by atoms with Gasteiger partial charge in [-0.2, -0.15) is 0 Å². The normalized spacial score (nSPS) is 18.9. The lowest BCUT2D eigenvalue weighted by Crippen LogP contribution is -2.17. The van der Waals surface area contributed by atoms with Crippen LogP contribution in [0.25, 0.3) is 0 Å². The number of methoxy groups -OCH3 is 2. The first-order valence-electron chi connectivity index (χ1n) is 7.41. The largest absolute Gasteiger partial charge is 0.493 e. The van der Waals surface area contributed by atoms with E-state index < -0.39 is 0 Å². The van der Waals surface area contributed by atoms with Gasteiger partial charge in [0.2, 0.25) is 0 Å². The van der Waals surface area contributed by atoms with Gasteiger partial charge in [0.15, 0.2) is 11.5 Å². The first-order chi connectivity index (χ1) is 10.7. The van der Waals surface area contributed by atoms with Crippen LogP contribution in [0, 0.1) is 0 Å². The number of rotatable bonds is 6. The lowest BCUT2D eigenvalue weighted by molar-refractivity contribution is 0.354. The molecule has 0 aromatic heterocycles. The van der Waals surface area contributed by atoms with Gasteiger partial charge in [-0.1, -0.05) is 41.9 Å². The van der Waals surface area contributed by atoms with E-state index in [0.717, 1.165) is 12.1 Å². The van der Waals surface area contributed by atoms with Crippen LogP contribution < -0.4 is 14.8 Å². The molecule has 1 aliphatic carbocycles. The molecule has 0 heterocycles. The van der Waals surface area contributed by atoms with Crippen LogP contribution in [0.1, 0.15) is 23.5 Å². The smallest absolute Gasteiger partial charge is 0.179 e. The van der Waals surface area contributed by atoms with Crippen LogP contribution in [0.2, 0.25) is 5.02 Å². The van der Waals surface area contributed by atoms with Gasteiger partial charge >= 0.3 is 0 Å². The number of nitrogens with one attached hydrogen (secondary N) is 1. The zero-order valence-corrected chi connectivity index (χ0v) is 14.8. The van der Waals surface area contributed by atoms with E-state index in [1.165, 1.54) is 12.0 Å². The summed E-state index contributed by atoms with van der Waals surface area (Å²) in [5.74, 6) is 1.88. The molecule has 5 heteroatoms. The van der Waals surface area contributed by atoms with E-state index in [1.54, 1.807) is 14.2 Å². The minimum atomic E-state index is 0. The molecule has 124 valence electrons. The van der Waals surface area contributed by atoms with Crippen molar-refractivity contribution >= 4 is 24.0 Å². The Kier molecular flexibility index (Phi) is 6.17. The van der Waals surface area contributed by atoms with Crippen LogP contribution in [-0.2, 0) is 6.54 Å². The van der Waals surface area contributed by atoms with Crippen molar-refractivity contribution in [2.45, 2.75) is 24.9 Å². The summed E-state index contributed by atoms with van der Waals surface area (Å²) in [4.78, 5) is 0. The summed E-state index contributed by atoms with van der Waals surface area (Å²) in [5.41, 5.74) is 2.51. The quantitative estimate of drug-likeness (QED) is 0.833. The van der Waals surface area contributed by atoms with Gasteiger partial charge in [0.05, 0.1) is 19.2 Å². The molecule has 1 saturated carbocycles. The molecule has 2 aromatic carbocycles. The minimum absolute atomic E-state index is 0. The van der Waals surface area contributed by atoms with E-state index in [2.05, 4.69) is 35.6 Å². The molecule has 1 N–H and O–H groups in total. The first-order valence-corrected chi connectivity index (χ1v) is 7.79. The van der Waals surface area contributed by atoms with E-state index in [0.29, 0.717) is 28.5 Å². The van der Waals surface area contributed by atoms with Crippen molar-refractivity contribution in [2.75, 3.05) is 14.2 Å². The zero-order chi connectivity index (χ0) is 15.5. The second-order valence-electron chi connectivity index (χ2n) is 5.55. The number of benzene rings is 2. The third-order valence-electron chi connectivity index (χ3n) is 4.08. The maximum absolute atomic E-state index is 6.24. The number of halogens is 2.